The van der Waals surface area contributed by atoms with Crippen LogP contribution in [-0.4, -0.2) is 0 Å². The molecule has 0 heteroatoms. The maximum atomic E-state index is 2.50. The predicted molar refractivity (Wildman–Crippen MR) is 89.7 cm³/mol. The Morgan fingerprint density at radius 1 is 0.950 bits per heavy atom. The first-order valence-electron chi connectivity index (χ1n) is 8.98. The van der Waals surface area contributed by atoms with Gasteiger partial charge in [0.25, 0.3) is 0 Å². The Bertz CT molecular complexity index is 345. The van der Waals surface area contributed by atoms with E-state index in [4.69, 9.17) is 0 Å². The van der Waals surface area contributed by atoms with Gasteiger partial charge in [0.1, 0.15) is 0 Å². The largest absolute Gasteiger partial charge is 0.0845 e. The van der Waals surface area contributed by atoms with E-state index in [0.717, 1.165) is 29.6 Å². The molecule has 0 N–H and O–H groups in total. The Labute approximate surface area is 126 Å². The van der Waals surface area contributed by atoms with Crippen molar-refractivity contribution in [2.75, 3.05) is 0 Å². The van der Waals surface area contributed by atoms with Crippen molar-refractivity contribution >= 4 is 0 Å². The zero-order chi connectivity index (χ0) is 14.5. The Hall–Kier alpha value is -0.520. The average Bonchev–Trinajstić information content (AvgIpc) is 2.73. The summed E-state index contributed by atoms with van der Waals surface area (Å²) in [6.07, 6.45) is 17.1. The van der Waals surface area contributed by atoms with E-state index in [-0.39, 0.29) is 0 Å². The molecule has 2 rings (SSSR count). The third-order valence-corrected chi connectivity index (χ3v) is 5.62. The van der Waals surface area contributed by atoms with E-state index >= 15 is 0 Å². The Balaban J connectivity index is 2.24. The fourth-order valence-corrected chi connectivity index (χ4v) is 4.39. The second-order valence-electron chi connectivity index (χ2n) is 7.69. The van der Waals surface area contributed by atoms with Crippen LogP contribution in [-0.2, 0) is 0 Å². The Kier molecular flexibility index (Phi) is 5.93. The number of allylic oxidation sites excluding steroid dienone is 4. The van der Waals surface area contributed by atoms with Gasteiger partial charge in [-0.05, 0) is 55.3 Å². The standard InChI is InChI=1S/C20H34/c1-15(2)19-14-20(16(3)4)18-13-11-9-7-5-6-8-10-12-17(18)19/h8,10,12,15-16,18-20H,5-7,9,11,13-14H2,1-4H3/b10-8-,17-12+. The molecule has 114 valence electrons. The van der Waals surface area contributed by atoms with Crippen molar-refractivity contribution in [2.45, 2.75) is 72.6 Å². The summed E-state index contributed by atoms with van der Waals surface area (Å²) in [7, 11) is 0. The SMILES string of the molecule is CC(C)C1CC(C(C)C)C2CCCCCC/C=C\C=C\12. The van der Waals surface area contributed by atoms with Crippen LogP contribution < -0.4 is 0 Å². The molecule has 1 fully saturated rings. The number of fused-ring (bicyclic) bond motifs is 1. The fourth-order valence-electron chi connectivity index (χ4n) is 4.39. The molecule has 2 aliphatic carbocycles. The van der Waals surface area contributed by atoms with Crippen molar-refractivity contribution in [3.05, 3.63) is 23.8 Å². The van der Waals surface area contributed by atoms with Gasteiger partial charge in [0.2, 0.25) is 0 Å². The maximum Gasteiger partial charge on any atom is -0.0166 e. The molecule has 1 saturated carbocycles. The molecule has 0 aromatic carbocycles. The minimum absolute atomic E-state index is 0.797. The lowest BCUT2D eigenvalue weighted by Crippen LogP contribution is -2.15. The summed E-state index contributed by atoms with van der Waals surface area (Å²) in [4.78, 5) is 0. The quantitative estimate of drug-likeness (QED) is 0.547. The van der Waals surface area contributed by atoms with Crippen LogP contribution in [0.1, 0.15) is 72.6 Å². The third-order valence-electron chi connectivity index (χ3n) is 5.62. The molecule has 0 aliphatic heterocycles. The molecular weight excluding hydrogens is 240 g/mol. The van der Waals surface area contributed by atoms with Crippen molar-refractivity contribution in [2.24, 2.45) is 29.6 Å². The first-order valence-corrected chi connectivity index (χ1v) is 8.98. The van der Waals surface area contributed by atoms with E-state index in [1.54, 1.807) is 5.57 Å². The van der Waals surface area contributed by atoms with E-state index in [9.17, 15) is 0 Å². The molecule has 0 aromatic heterocycles. The van der Waals surface area contributed by atoms with Crippen LogP contribution in [0.5, 0.6) is 0 Å². The Morgan fingerprint density at radius 2 is 1.70 bits per heavy atom. The molecule has 2 aliphatic rings. The second kappa shape index (κ2) is 7.48. The summed E-state index contributed by atoms with van der Waals surface area (Å²) in [6.45, 7) is 9.71. The lowest BCUT2D eigenvalue weighted by Gasteiger charge is -2.24. The fraction of sp³-hybridized carbons (Fsp3) is 0.800. The zero-order valence-corrected chi connectivity index (χ0v) is 14.1. The molecular formula is C20H34. The van der Waals surface area contributed by atoms with E-state index in [2.05, 4.69) is 45.9 Å². The third kappa shape index (κ3) is 3.77. The summed E-state index contributed by atoms with van der Waals surface area (Å²) in [5.74, 6) is 4.25. The first kappa shape index (κ1) is 15.9. The van der Waals surface area contributed by atoms with Crippen LogP contribution in [0.15, 0.2) is 23.8 Å². The monoisotopic (exact) mass is 274 g/mol. The summed E-state index contributed by atoms with van der Waals surface area (Å²) in [5.41, 5.74) is 1.79. The van der Waals surface area contributed by atoms with E-state index in [0.29, 0.717) is 0 Å². The number of rotatable bonds is 2. The van der Waals surface area contributed by atoms with Crippen LogP contribution >= 0.6 is 0 Å². The molecule has 0 heterocycles. The molecule has 3 unspecified atom stereocenters. The summed E-state index contributed by atoms with van der Waals surface area (Å²) in [6, 6.07) is 0. The van der Waals surface area contributed by atoms with Gasteiger partial charge in [0.05, 0.1) is 0 Å². The maximum absolute atomic E-state index is 2.50. The lowest BCUT2D eigenvalue weighted by molar-refractivity contribution is 0.284. The highest BCUT2D eigenvalue weighted by molar-refractivity contribution is 5.24. The normalized spacial score (nSPS) is 36.3. The predicted octanol–water partition coefficient (Wildman–Crippen LogP) is 6.39. The molecule has 0 bridgehead atoms. The van der Waals surface area contributed by atoms with Gasteiger partial charge in [-0.2, -0.15) is 0 Å². The van der Waals surface area contributed by atoms with Crippen LogP contribution in [0, 0.1) is 29.6 Å². The average molecular weight is 274 g/mol. The van der Waals surface area contributed by atoms with E-state index < -0.39 is 0 Å². The highest BCUT2D eigenvalue weighted by Crippen LogP contribution is 2.49. The molecule has 3 atom stereocenters. The molecule has 0 amide bonds. The van der Waals surface area contributed by atoms with Crippen LogP contribution in [0.25, 0.3) is 0 Å². The van der Waals surface area contributed by atoms with Gasteiger partial charge in [-0.1, -0.05) is 70.8 Å². The molecule has 0 spiro atoms. The van der Waals surface area contributed by atoms with Crippen molar-refractivity contribution in [1.82, 2.24) is 0 Å². The first-order chi connectivity index (χ1) is 9.61. The van der Waals surface area contributed by atoms with Gasteiger partial charge < -0.3 is 0 Å². The molecule has 0 saturated heterocycles. The topological polar surface area (TPSA) is 0 Å². The van der Waals surface area contributed by atoms with E-state index in [1.807, 2.05) is 0 Å². The minimum atomic E-state index is 0.797. The minimum Gasteiger partial charge on any atom is -0.0845 e. The lowest BCUT2D eigenvalue weighted by atomic mass is 9.81. The summed E-state index contributed by atoms with van der Waals surface area (Å²) in [5, 5.41) is 0. The van der Waals surface area contributed by atoms with Gasteiger partial charge in [-0.15, -0.1) is 0 Å². The van der Waals surface area contributed by atoms with Gasteiger partial charge in [0.15, 0.2) is 0 Å². The van der Waals surface area contributed by atoms with E-state index in [1.165, 1.54) is 44.9 Å². The molecule has 0 nitrogen and oxygen atoms in total. The number of hydrogen-bond donors (Lipinski definition) is 0. The highest BCUT2D eigenvalue weighted by atomic mass is 14.4. The van der Waals surface area contributed by atoms with Crippen LogP contribution in [0.2, 0.25) is 0 Å². The summed E-state index contributed by atoms with van der Waals surface area (Å²) < 4.78 is 0. The second-order valence-corrected chi connectivity index (χ2v) is 7.69. The Morgan fingerprint density at radius 3 is 2.40 bits per heavy atom. The van der Waals surface area contributed by atoms with Gasteiger partial charge in [-0.25, -0.2) is 0 Å². The van der Waals surface area contributed by atoms with Gasteiger partial charge in [-0.3, -0.25) is 0 Å². The highest BCUT2D eigenvalue weighted by Gasteiger charge is 2.40. The van der Waals surface area contributed by atoms with Crippen molar-refractivity contribution in [3.63, 3.8) is 0 Å². The molecule has 0 radical (unpaired) electrons. The summed E-state index contributed by atoms with van der Waals surface area (Å²) >= 11 is 0. The van der Waals surface area contributed by atoms with Crippen molar-refractivity contribution < 1.29 is 0 Å². The van der Waals surface area contributed by atoms with Gasteiger partial charge in [0, 0.05) is 0 Å². The zero-order valence-electron chi connectivity index (χ0n) is 14.1. The van der Waals surface area contributed by atoms with Gasteiger partial charge >= 0.3 is 0 Å². The smallest absolute Gasteiger partial charge is 0.0166 e. The van der Waals surface area contributed by atoms with Crippen LogP contribution in [0.4, 0.5) is 0 Å². The number of hydrogen-bond acceptors (Lipinski definition) is 0. The van der Waals surface area contributed by atoms with Crippen molar-refractivity contribution in [3.8, 4) is 0 Å². The van der Waals surface area contributed by atoms with Crippen LogP contribution in [0.3, 0.4) is 0 Å². The molecule has 20 heavy (non-hydrogen) atoms. The molecule has 0 aromatic rings. The van der Waals surface area contributed by atoms with Crippen molar-refractivity contribution in [1.29, 1.82) is 0 Å².